The van der Waals surface area contributed by atoms with Crippen LogP contribution < -0.4 is 5.32 Å². The number of aromatic nitrogens is 2. The van der Waals surface area contributed by atoms with Crippen molar-refractivity contribution in [1.82, 2.24) is 14.9 Å². The van der Waals surface area contributed by atoms with Gasteiger partial charge in [0.15, 0.2) is 9.84 Å². The Hall–Kier alpha value is -1.66. The van der Waals surface area contributed by atoms with E-state index in [1.54, 1.807) is 18.5 Å². The fourth-order valence-corrected chi connectivity index (χ4v) is 2.56. The van der Waals surface area contributed by atoms with Crippen molar-refractivity contribution in [3.63, 3.8) is 0 Å². The predicted molar refractivity (Wildman–Crippen MR) is 78.3 cm³/mol. The average molecular weight is 293 g/mol. The van der Waals surface area contributed by atoms with E-state index in [1.807, 2.05) is 18.3 Å². The van der Waals surface area contributed by atoms with Crippen molar-refractivity contribution in [1.29, 1.82) is 0 Å². The van der Waals surface area contributed by atoms with Crippen LogP contribution in [0.3, 0.4) is 0 Å². The highest BCUT2D eigenvalue weighted by Gasteiger charge is 2.07. The first-order chi connectivity index (χ1) is 9.50. The monoisotopic (exact) mass is 293 g/mol. The molecular formula is C14H19N3O2S. The molecule has 5 nitrogen and oxygen atoms in total. The zero-order valence-corrected chi connectivity index (χ0v) is 12.5. The molecule has 1 heterocycles. The Morgan fingerprint density at radius 3 is 2.55 bits per heavy atom. The fourth-order valence-electron chi connectivity index (χ4n) is 1.93. The van der Waals surface area contributed by atoms with Crippen LogP contribution in [0.4, 0.5) is 0 Å². The van der Waals surface area contributed by atoms with Crippen LogP contribution >= 0.6 is 0 Å². The minimum Gasteiger partial charge on any atom is -0.329 e. The number of hydrogen-bond acceptors (Lipinski definition) is 4. The molecule has 1 aromatic carbocycles. The third-order valence-electron chi connectivity index (χ3n) is 3.06. The van der Waals surface area contributed by atoms with E-state index in [0.29, 0.717) is 11.4 Å². The van der Waals surface area contributed by atoms with Crippen LogP contribution in [0.25, 0.3) is 0 Å². The minimum atomic E-state index is -3.13. The van der Waals surface area contributed by atoms with Gasteiger partial charge in [-0.3, -0.25) is 0 Å². The summed E-state index contributed by atoms with van der Waals surface area (Å²) >= 11 is 0. The van der Waals surface area contributed by atoms with Gasteiger partial charge in [-0.1, -0.05) is 19.1 Å². The smallest absolute Gasteiger partial charge is 0.175 e. The summed E-state index contributed by atoms with van der Waals surface area (Å²) in [6, 6.07) is 6.97. The first-order valence-electron chi connectivity index (χ1n) is 6.49. The van der Waals surface area contributed by atoms with Crippen molar-refractivity contribution in [3.8, 4) is 0 Å². The van der Waals surface area contributed by atoms with Gasteiger partial charge in [-0.05, 0) is 24.2 Å². The Morgan fingerprint density at radius 2 is 1.95 bits per heavy atom. The summed E-state index contributed by atoms with van der Waals surface area (Å²) in [4.78, 5) is 4.50. The van der Waals surface area contributed by atoms with E-state index < -0.39 is 9.84 Å². The van der Waals surface area contributed by atoms with Gasteiger partial charge in [0.1, 0.15) is 0 Å². The van der Waals surface area contributed by atoms with Crippen LogP contribution in [0, 0.1) is 0 Å². The molecule has 0 atom stereocenters. The summed E-state index contributed by atoms with van der Waals surface area (Å²) in [5.41, 5.74) is 2.16. The van der Waals surface area contributed by atoms with E-state index in [9.17, 15) is 8.42 Å². The molecule has 0 amide bonds. The highest BCUT2D eigenvalue weighted by Crippen LogP contribution is 2.12. The van der Waals surface area contributed by atoms with Crippen LogP contribution in [0.5, 0.6) is 0 Å². The van der Waals surface area contributed by atoms with Crippen molar-refractivity contribution in [3.05, 3.63) is 48.0 Å². The van der Waals surface area contributed by atoms with Crippen LogP contribution in [0.1, 0.15) is 18.2 Å². The number of nitrogens with zero attached hydrogens (tertiary/aromatic N) is 2. The lowest BCUT2D eigenvalue weighted by atomic mass is 10.2. The topological polar surface area (TPSA) is 64.0 Å². The Morgan fingerprint density at radius 1 is 1.25 bits per heavy atom. The van der Waals surface area contributed by atoms with Gasteiger partial charge in [-0.25, -0.2) is 13.4 Å². The quantitative estimate of drug-likeness (QED) is 0.875. The summed E-state index contributed by atoms with van der Waals surface area (Å²) in [5.74, 6) is 0. The van der Waals surface area contributed by atoms with Crippen LogP contribution in [-0.4, -0.2) is 30.8 Å². The molecule has 108 valence electrons. The molecule has 2 aromatic rings. The van der Waals surface area contributed by atoms with E-state index in [4.69, 9.17) is 0 Å². The number of benzene rings is 1. The lowest BCUT2D eigenvalue weighted by molar-refractivity contribution is 0.602. The molecule has 0 bridgehead atoms. The maximum atomic E-state index is 11.4. The number of hydrogen-bond donors (Lipinski definition) is 1. The highest BCUT2D eigenvalue weighted by atomic mass is 32.2. The molecule has 0 unspecified atom stereocenters. The number of sulfone groups is 1. The normalized spacial score (nSPS) is 11.7. The van der Waals surface area contributed by atoms with E-state index in [-0.39, 0.29) is 0 Å². The maximum Gasteiger partial charge on any atom is 0.175 e. The Bertz CT molecular complexity index is 660. The average Bonchev–Trinajstić information content (AvgIpc) is 2.83. The molecule has 1 N–H and O–H groups in total. The van der Waals surface area contributed by atoms with Crippen LogP contribution in [0.15, 0.2) is 41.7 Å². The summed E-state index contributed by atoms with van der Waals surface area (Å²) in [7, 11) is -3.13. The summed E-state index contributed by atoms with van der Waals surface area (Å²) in [5, 5.41) is 3.27. The lowest BCUT2D eigenvalue weighted by Gasteiger charge is -2.09. The fraction of sp³-hybridized carbons (Fsp3) is 0.357. The van der Waals surface area contributed by atoms with Gasteiger partial charge in [-0.15, -0.1) is 0 Å². The molecule has 0 saturated heterocycles. The standard InChI is InChI=1S/C14H19N3O2S/c1-3-15-8-13-9-16-11-17(13)10-12-4-6-14(7-5-12)20(2,18)19/h4-7,9,11,15H,3,8,10H2,1-2H3. The summed E-state index contributed by atoms with van der Waals surface area (Å²) < 4.78 is 24.9. The number of rotatable bonds is 6. The second kappa shape index (κ2) is 6.19. The molecule has 2 rings (SSSR count). The van der Waals surface area contributed by atoms with Gasteiger partial charge in [0.2, 0.25) is 0 Å². The van der Waals surface area contributed by atoms with Gasteiger partial charge in [0, 0.05) is 25.5 Å². The molecular weight excluding hydrogens is 274 g/mol. The third kappa shape index (κ3) is 3.68. The summed E-state index contributed by atoms with van der Waals surface area (Å²) in [6.07, 6.45) is 4.84. The molecule has 20 heavy (non-hydrogen) atoms. The molecule has 0 aliphatic carbocycles. The van der Waals surface area contributed by atoms with Crippen molar-refractivity contribution >= 4 is 9.84 Å². The number of imidazole rings is 1. The lowest BCUT2D eigenvalue weighted by Crippen LogP contribution is -2.15. The van der Waals surface area contributed by atoms with Crippen LogP contribution in [-0.2, 0) is 22.9 Å². The molecule has 6 heteroatoms. The van der Waals surface area contributed by atoms with Gasteiger partial charge in [-0.2, -0.15) is 0 Å². The molecule has 0 aliphatic heterocycles. The van der Waals surface area contributed by atoms with E-state index in [2.05, 4.69) is 21.8 Å². The predicted octanol–water partition coefficient (Wildman–Crippen LogP) is 1.44. The first kappa shape index (κ1) is 14.7. The Balaban J connectivity index is 2.12. The SMILES string of the molecule is CCNCc1cncn1Cc1ccc(S(C)(=O)=O)cc1. The van der Waals surface area contributed by atoms with E-state index in [1.165, 1.54) is 6.26 Å². The Kier molecular flexibility index (Phi) is 4.57. The minimum absolute atomic E-state index is 0.347. The van der Waals surface area contributed by atoms with Crippen molar-refractivity contribution in [2.24, 2.45) is 0 Å². The largest absolute Gasteiger partial charge is 0.329 e. The highest BCUT2D eigenvalue weighted by molar-refractivity contribution is 7.90. The molecule has 0 aliphatic rings. The van der Waals surface area contributed by atoms with Gasteiger partial charge >= 0.3 is 0 Å². The van der Waals surface area contributed by atoms with Crippen molar-refractivity contribution < 1.29 is 8.42 Å². The third-order valence-corrected chi connectivity index (χ3v) is 4.19. The molecule has 0 fully saturated rings. The first-order valence-corrected chi connectivity index (χ1v) is 8.38. The van der Waals surface area contributed by atoms with E-state index in [0.717, 1.165) is 24.3 Å². The molecule has 0 spiro atoms. The van der Waals surface area contributed by atoms with Gasteiger partial charge in [0.05, 0.1) is 16.9 Å². The van der Waals surface area contributed by atoms with Crippen molar-refractivity contribution in [2.75, 3.05) is 12.8 Å². The maximum absolute atomic E-state index is 11.4. The van der Waals surface area contributed by atoms with E-state index >= 15 is 0 Å². The summed E-state index contributed by atoms with van der Waals surface area (Å²) in [6.45, 7) is 4.43. The molecule has 0 radical (unpaired) electrons. The van der Waals surface area contributed by atoms with Gasteiger partial charge in [0.25, 0.3) is 0 Å². The zero-order valence-electron chi connectivity index (χ0n) is 11.7. The van der Waals surface area contributed by atoms with Gasteiger partial charge < -0.3 is 9.88 Å². The second-order valence-corrected chi connectivity index (χ2v) is 6.73. The van der Waals surface area contributed by atoms with Crippen LogP contribution in [0.2, 0.25) is 0 Å². The zero-order chi connectivity index (χ0) is 14.6. The molecule has 0 saturated carbocycles. The number of nitrogens with one attached hydrogen (secondary N) is 1. The second-order valence-electron chi connectivity index (χ2n) is 4.71. The molecule has 1 aromatic heterocycles. The van der Waals surface area contributed by atoms with Crippen molar-refractivity contribution in [2.45, 2.75) is 24.9 Å². The Labute approximate surface area is 119 Å².